The molecule has 1 aliphatic rings. The van der Waals surface area contributed by atoms with Crippen molar-refractivity contribution in [3.05, 3.63) is 100.0 Å². The molecule has 4 heterocycles. The van der Waals surface area contributed by atoms with Crippen LogP contribution in [0.1, 0.15) is 30.5 Å². The van der Waals surface area contributed by atoms with Gasteiger partial charge in [-0.25, -0.2) is 9.79 Å². The van der Waals surface area contributed by atoms with Gasteiger partial charge >= 0.3 is 5.97 Å². The summed E-state index contributed by atoms with van der Waals surface area (Å²) in [6, 6.07) is 14.8. The standard InChI is InChI=1S/C25H19BrN2O4S2/c1-3-31-24(30)21-14(2)27-25-28(22(21)19-5-4-12-33-19)23(29)20(34-25)13-17-10-11-18(32-17)15-6-8-16(26)9-7-15/h4-13,22H,3H2,1-2H3/b20-13+. The molecule has 0 N–H and O–H groups in total. The van der Waals surface area contributed by atoms with Crippen molar-refractivity contribution in [2.24, 2.45) is 4.99 Å². The third kappa shape index (κ3) is 4.15. The van der Waals surface area contributed by atoms with Gasteiger partial charge in [0, 0.05) is 21.0 Å². The second-order valence-corrected chi connectivity index (χ2v) is 10.4. The van der Waals surface area contributed by atoms with Gasteiger partial charge in [-0.05, 0) is 49.6 Å². The summed E-state index contributed by atoms with van der Waals surface area (Å²) in [5, 5.41) is 1.93. The Morgan fingerprint density at radius 2 is 2.03 bits per heavy atom. The first-order valence-corrected chi connectivity index (χ1v) is 13.0. The average Bonchev–Trinajstić information content (AvgIpc) is 3.56. The summed E-state index contributed by atoms with van der Waals surface area (Å²) in [7, 11) is 0. The summed E-state index contributed by atoms with van der Waals surface area (Å²) >= 11 is 6.20. The number of benzene rings is 1. The van der Waals surface area contributed by atoms with Crippen LogP contribution in [0, 0.1) is 0 Å². The highest BCUT2D eigenvalue weighted by Gasteiger charge is 2.33. The number of halogens is 1. The minimum atomic E-state index is -0.577. The van der Waals surface area contributed by atoms with E-state index >= 15 is 0 Å². The Labute approximate surface area is 211 Å². The third-order valence-electron chi connectivity index (χ3n) is 5.36. The van der Waals surface area contributed by atoms with Gasteiger partial charge in [0.1, 0.15) is 17.6 Å². The number of rotatable bonds is 5. The van der Waals surface area contributed by atoms with E-state index in [1.165, 1.54) is 22.7 Å². The number of carbonyl (C=O) groups is 1. The van der Waals surface area contributed by atoms with Crippen molar-refractivity contribution in [2.45, 2.75) is 19.9 Å². The van der Waals surface area contributed by atoms with Gasteiger partial charge in [0.2, 0.25) is 0 Å². The molecule has 0 spiro atoms. The second kappa shape index (κ2) is 9.32. The average molecular weight is 555 g/mol. The normalized spacial score (nSPS) is 15.9. The zero-order chi connectivity index (χ0) is 23.8. The lowest BCUT2D eigenvalue weighted by molar-refractivity contribution is -0.139. The minimum absolute atomic E-state index is 0.224. The smallest absolute Gasteiger partial charge is 0.338 e. The van der Waals surface area contributed by atoms with Crippen LogP contribution in [-0.2, 0) is 9.53 Å². The molecule has 34 heavy (non-hydrogen) atoms. The number of furan rings is 1. The number of esters is 1. The molecule has 1 atom stereocenters. The van der Waals surface area contributed by atoms with E-state index in [1.54, 1.807) is 24.5 Å². The van der Waals surface area contributed by atoms with Crippen LogP contribution in [0.25, 0.3) is 17.4 Å². The van der Waals surface area contributed by atoms with Gasteiger partial charge < -0.3 is 9.15 Å². The van der Waals surface area contributed by atoms with E-state index < -0.39 is 12.0 Å². The molecule has 172 valence electrons. The van der Waals surface area contributed by atoms with E-state index in [2.05, 4.69) is 20.9 Å². The van der Waals surface area contributed by atoms with Gasteiger partial charge in [0.15, 0.2) is 4.80 Å². The van der Waals surface area contributed by atoms with Crippen LogP contribution in [0.2, 0.25) is 0 Å². The maximum absolute atomic E-state index is 13.5. The Balaban J connectivity index is 1.61. The molecule has 6 nitrogen and oxygen atoms in total. The number of ether oxygens (including phenoxy) is 1. The van der Waals surface area contributed by atoms with Gasteiger partial charge in [0.05, 0.1) is 22.4 Å². The van der Waals surface area contributed by atoms with E-state index in [9.17, 15) is 9.59 Å². The van der Waals surface area contributed by atoms with Crippen molar-refractivity contribution >= 4 is 50.6 Å². The summed E-state index contributed by atoms with van der Waals surface area (Å²) < 4.78 is 14.3. The molecule has 0 saturated carbocycles. The molecule has 9 heteroatoms. The number of nitrogens with zero attached hydrogens (tertiary/aromatic N) is 2. The van der Waals surface area contributed by atoms with E-state index in [0.717, 1.165) is 14.9 Å². The molecule has 0 bridgehead atoms. The highest BCUT2D eigenvalue weighted by molar-refractivity contribution is 9.10. The molecule has 1 unspecified atom stereocenters. The Morgan fingerprint density at radius 3 is 2.74 bits per heavy atom. The van der Waals surface area contributed by atoms with Crippen molar-refractivity contribution in [2.75, 3.05) is 6.61 Å². The molecular weight excluding hydrogens is 536 g/mol. The molecule has 0 saturated heterocycles. The van der Waals surface area contributed by atoms with Crippen LogP contribution in [0.5, 0.6) is 0 Å². The minimum Gasteiger partial charge on any atom is -0.463 e. The zero-order valence-electron chi connectivity index (χ0n) is 18.3. The van der Waals surface area contributed by atoms with E-state index in [1.807, 2.05) is 53.9 Å². The lowest BCUT2D eigenvalue weighted by atomic mass is 10.0. The summed E-state index contributed by atoms with van der Waals surface area (Å²) in [6.45, 7) is 3.78. The van der Waals surface area contributed by atoms with Crippen LogP contribution in [0.4, 0.5) is 0 Å². The summed E-state index contributed by atoms with van der Waals surface area (Å²) in [5.41, 5.74) is 1.66. The fraction of sp³-hybridized carbons (Fsp3) is 0.160. The molecule has 0 fully saturated rings. The first kappa shape index (κ1) is 22.8. The van der Waals surface area contributed by atoms with Crippen LogP contribution < -0.4 is 14.9 Å². The van der Waals surface area contributed by atoms with Gasteiger partial charge in [-0.3, -0.25) is 9.36 Å². The SMILES string of the molecule is CCOC(=O)C1=C(C)N=c2s/c(=C/c3ccc(-c4ccc(Br)cc4)o3)c(=O)n2C1c1cccs1. The van der Waals surface area contributed by atoms with Crippen LogP contribution in [0.3, 0.4) is 0 Å². The summed E-state index contributed by atoms with van der Waals surface area (Å²) in [6.07, 6.45) is 1.72. The van der Waals surface area contributed by atoms with E-state index in [-0.39, 0.29) is 12.2 Å². The highest BCUT2D eigenvalue weighted by atomic mass is 79.9. The summed E-state index contributed by atoms with van der Waals surface area (Å²) in [5.74, 6) is 0.821. The van der Waals surface area contributed by atoms with Crippen LogP contribution in [-0.4, -0.2) is 17.1 Å². The number of aromatic nitrogens is 1. The Bertz CT molecular complexity index is 1570. The Morgan fingerprint density at radius 1 is 1.24 bits per heavy atom. The molecule has 3 aromatic heterocycles. The number of hydrogen-bond donors (Lipinski definition) is 0. The van der Waals surface area contributed by atoms with Gasteiger partial charge in [-0.1, -0.05) is 45.5 Å². The molecular formula is C25H19BrN2O4S2. The molecule has 5 rings (SSSR count). The molecule has 0 aliphatic carbocycles. The molecule has 0 radical (unpaired) electrons. The van der Waals surface area contributed by atoms with Gasteiger partial charge in [-0.2, -0.15) is 0 Å². The topological polar surface area (TPSA) is 73.8 Å². The highest BCUT2D eigenvalue weighted by Crippen LogP contribution is 2.33. The second-order valence-electron chi connectivity index (χ2n) is 7.53. The number of thiazole rings is 1. The number of carbonyl (C=O) groups excluding carboxylic acids is 1. The zero-order valence-corrected chi connectivity index (χ0v) is 21.5. The monoisotopic (exact) mass is 554 g/mol. The Hall–Kier alpha value is -3.01. The van der Waals surface area contributed by atoms with Crippen molar-refractivity contribution < 1.29 is 13.9 Å². The molecule has 1 aromatic carbocycles. The van der Waals surface area contributed by atoms with E-state index in [0.29, 0.717) is 32.1 Å². The number of fused-ring (bicyclic) bond motifs is 1. The first-order chi connectivity index (χ1) is 16.5. The molecule has 0 amide bonds. The quantitative estimate of drug-likeness (QED) is 0.329. The van der Waals surface area contributed by atoms with Crippen molar-refractivity contribution in [3.8, 4) is 11.3 Å². The van der Waals surface area contributed by atoms with Crippen LogP contribution in [0.15, 0.2) is 83.9 Å². The lowest BCUT2D eigenvalue weighted by Gasteiger charge is -2.23. The largest absolute Gasteiger partial charge is 0.463 e. The predicted octanol–water partition coefficient (Wildman–Crippen LogP) is 4.88. The van der Waals surface area contributed by atoms with Gasteiger partial charge in [0.25, 0.3) is 5.56 Å². The first-order valence-electron chi connectivity index (χ1n) is 10.5. The fourth-order valence-corrected chi connectivity index (χ4v) is 5.95. The third-order valence-corrected chi connectivity index (χ3v) is 7.79. The van der Waals surface area contributed by atoms with E-state index in [4.69, 9.17) is 9.15 Å². The number of thiophene rings is 1. The van der Waals surface area contributed by atoms with Crippen molar-refractivity contribution in [1.29, 1.82) is 0 Å². The molecule has 1 aliphatic heterocycles. The fourth-order valence-electron chi connectivity index (χ4n) is 3.84. The van der Waals surface area contributed by atoms with Crippen molar-refractivity contribution in [3.63, 3.8) is 0 Å². The van der Waals surface area contributed by atoms with Gasteiger partial charge in [-0.15, -0.1) is 11.3 Å². The number of allylic oxidation sites excluding steroid dienone is 1. The maximum atomic E-state index is 13.5. The lowest BCUT2D eigenvalue weighted by Crippen LogP contribution is -2.39. The molecule has 4 aromatic rings. The summed E-state index contributed by atoms with van der Waals surface area (Å²) in [4.78, 5) is 32.4. The predicted molar refractivity (Wildman–Crippen MR) is 137 cm³/mol. The van der Waals surface area contributed by atoms with Crippen molar-refractivity contribution in [1.82, 2.24) is 4.57 Å². The van der Waals surface area contributed by atoms with Crippen LogP contribution >= 0.6 is 38.6 Å². The maximum Gasteiger partial charge on any atom is 0.338 e. The number of hydrogen-bond acceptors (Lipinski definition) is 7. The Kier molecular flexibility index (Phi) is 6.24.